The number of benzene rings is 3. The Morgan fingerprint density at radius 1 is 0.914 bits per heavy atom. The minimum Gasteiger partial charge on any atom is -0.506 e. The van der Waals surface area contributed by atoms with Gasteiger partial charge in [0.05, 0.1) is 18.0 Å². The Hall–Kier alpha value is -3.27. The van der Waals surface area contributed by atoms with Gasteiger partial charge in [-0.25, -0.2) is 8.42 Å². The summed E-state index contributed by atoms with van der Waals surface area (Å²) in [5.74, 6) is 1.27. The van der Waals surface area contributed by atoms with Crippen molar-refractivity contribution in [2.45, 2.75) is 25.0 Å². The second-order valence-corrected chi connectivity index (χ2v) is 10.4. The van der Waals surface area contributed by atoms with Crippen molar-refractivity contribution in [1.29, 1.82) is 0 Å². The molecule has 0 radical (unpaired) electrons. The molecule has 4 rings (SSSR count). The lowest BCUT2D eigenvalue weighted by Gasteiger charge is -2.24. The van der Waals surface area contributed by atoms with Gasteiger partial charge >= 0.3 is 0 Å². The summed E-state index contributed by atoms with van der Waals surface area (Å²) in [7, 11) is -3.54. The highest BCUT2D eigenvalue weighted by Crippen LogP contribution is 2.33. The zero-order valence-corrected chi connectivity index (χ0v) is 20.3. The van der Waals surface area contributed by atoms with Gasteiger partial charge in [-0.1, -0.05) is 42.5 Å². The number of hydrogen-bond donors (Lipinski definition) is 4. The maximum absolute atomic E-state index is 11.5. The molecule has 8 nitrogen and oxygen atoms in total. The van der Waals surface area contributed by atoms with E-state index in [1.54, 1.807) is 6.07 Å². The molecular weight excluding hydrogens is 468 g/mol. The highest BCUT2D eigenvalue weighted by atomic mass is 32.2. The normalized spacial score (nSPS) is 14.8. The Morgan fingerprint density at radius 3 is 2.40 bits per heavy atom. The number of anilines is 1. The minimum atomic E-state index is -3.54. The van der Waals surface area contributed by atoms with Crippen molar-refractivity contribution in [2.75, 3.05) is 30.7 Å². The van der Waals surface area contributed by atoms with Crippen LogP contribution in [0.25, 0.3) is 0 Å². The van der Waals surface area contributed by atoms with Gasteiger partial charge in [0.1, 0.15) is 19.0 Å². The maximum Gasteiger partial charge on any atom is 0.229 e. The van der Waals surface area contributed by atoms with Gasteiger partial charge < -0.3 is 25.0 Å². The van der Waals surface area contributed by atoms with Crippen LogP contribution in [0.3, 0.4) is 0 Å². The number of rotatable bonds is 10. The molecule has 1 aliphatic heterocycles. The van der Waals surface area contributed by atoms with Crippen molar-refractivity contribution in [3.8, 4) is 17.2 Å². The second kappa shape index (κ2) is 11.0. The molecule has 1 heterocycles. The van der Waals surface area contributed by atoms with Crippen LogP contribution < -0.4 is 19.5 Å². The molecule has 0 amide bonds. The molecule has 0 unspecified atom stereocenters. The maximum atomic E-state index is 11.5. The predicted octanol–water partition coefficient (Wildman–Crippen LogP) is 3.01. The number of phenols is 1. The summed E-state index contributed by atoms with van der Waals surface area (Å²) in [4.78, 5) is 0. The Labute approximate surface area is 205 Å². The van der Waals surface area contributed by atoms with Crippen LogP contribution >= 0.6 is 0 Å². The Morgan fingerprint density at radius 2 is 1.66 bits per heavy atom. The topological polar surface area (TPSA) is 117 Å². The van der Waals surface area contributed by atoms with Crippen molar-refractivity contribution >= 4 is 15.7 Å². The first kappa shape index (κ1) is 24.8. The molecule has 0 saturated carbocycles. The van der Waals surface area contributed by atoms with E-state index in [0.717, 1.165) is 29.6 Å². The summed E-state index contributed by atoms with van der Waals surface area (Å²) in [6.45, 7) is 1.35. The van der Waals surface area contributed by atoms with E-state index < -0.39 is 16.1 Å². The third kappa shape index (κ3) is 7.11. The van der Waals surface area contributed by atoms with Crippen LogP contribution in [0.15, 0.2) is 66.7 Å². The molecule has 186 valence electrons. The lowest BCUT2D eigenvalue weighted by Crippen LogP contribution is -2.32. The third-order valence-electron chi connectivity index (χ3n) is 5.68. The Kier molecular flexibility index (Phi) is 7.80. The van der Waals surface area contributed by atoms with Crippen molar-refractivity contribution in [2.24, 2.45) is 0 Å². The molecule has 4 N–H and O–H groups in total. The average Bonchev–Trinajstić information content (AvgIpc) is 2.83. The first-order valence-electron chi connectivity index (χ1n) is 11.4. The number of aliphatic hydroxyl groups is 1. The van der Waals surface area contributed by atoms with E-state index in [4.69, 9.17) is 9.47 Å². The number of nitrogens with one attached hydrogen (secondary N) is 2. The number of ether oxygens (including phenoxy) is 2. The number of aromatic hydroxyl groups is 1. The van der Waals surface area contributed by atoms with Crippen LogP contribution in [0.4, 0.5) is 5.69 Å². The SMILES string of the molecule is CS(=O)(=O)Nc1cc(C[C@H](O)CN[C@H](Cc2ccccc2)c2ccc3c(c2)OCCO3)ccc1O. The monoisotopic (exact) mass is 498 g/mol. The molecule has 3 aromatic rings. The van der Waals surface area contributed by atoms with E-state index in [-0.39, 0.29) is 23.9 Å². The number of fused-ring (bicyclic) bond motifs is 1. The van der Waals surface area contributed by atoms with Crippen molar-refractivity contribution < 1.29 is 28.1 Å². The molecular formula is C26H30N2O6S. The van der Waals surface area contributed by atoms with Crippen LogP contribution in [-0.4, -0.2) is 50.7 Å². The van der Waals surface area contributed by atoms with Crippen molar-refractivity contribution in [1.82, 2.24) is 5.32 Å². The standard InChI is InChI=1S/C26H30N2O6S/c1-35(31,32)28-23-15-19(7-9-24(23)30)13-21(29)17-27-22(14-18-5-3-2-4-6-18)20-8-10-25-26(16-20)34-12-11-33-25/h2-10,15-16,21-22,27-30H,11-14,17H2,1H3/t21-,22+/m0/s1. The van der Waals surface area contributed by atoms with Crippen LogP contribution in [0.5, 0.6) is 17.2 Å². The molecule has 0 aliphatic carbocycles. The molecule has 3 aromatic carbocycles. The number of sulfonamides is 1. The number of aliphatic hydroxyl groups excluding tert-OH is 1. The summed E-state index contributed by atoms with van der Waals surface area (Å²) in [6.07, 6.45) is 1.28. The van der Waals surface area contributed by atoms with Crippen LogP contribution in [0, 0.1) is 0 Å². The zero-order valence-electron chi connectivity index (χ0n) is 19.5. The quantitative estimate of drug-likeness (QED) is 0.318. The van der Waals surface area contributed by atoms with E-state index in [2.05, 4.69) is 22.2 Å². The molecule has 35 heavy (non-hydrogen) atoms. The van der Waals surface area contributed by atoms with Gasteiger partial charge in [-0.3, -0.25) is 4.72 Å². The van der Waals surface area contributed by atoms with Gasteiger partial charge in [-0.2, -0.15) is 0 Å². The molecule has 1 aliphatic rings. The van der Waals surface area contributed by atoms with Crippen molar-refractivity contribution in [3.63, 3.8) is 0 Å². The predicted molar refractivity (Wildman–Crippen MR) is 135 cm³/mol. The van der Waals surface area contributed by atoms with E-state index in [1.165, 1.54) is 12.1 Å². The molecule has 0 aromatic heterocycles. The fourth-order valence-electron chi connectivity index (χ4n) is 4.05. The fraction of sp³-hybridized carbons (Fsp3) is 0.308. The molecule has 2 atom stereocenters. The highest BCUT2D eigenvalue weighted by molar-refractivity contribution is 7.92. The summed E-state index contributed by atoms with van der Waals surface area (Å²) in [5.41, 5.74) is 2.96. The van der Waals surface area contributed by atoms with Gasteiger partial charge in [-0.05, 0) is 53.8 Å². The van der Waals surface area contributed by atoms with E-state index >= 15 is 0 Å². The molecule has 0 saturated heterocycles. The lowest BCUT2D eigenvalue weighted by atomic mass is 9.97. The fourth-order valence-corrected chi connectivity index (χ4v) is 4.61. The van der Waals surface area contributed by atoms with E-state index in [1.807, 2.05) is 36.4 Å². The smallest absolute Gasteiger partial charge is 0.229 e. The number of phenolic OH excluding ortho intramolecular Hbond substituents is 1. The minimum absolute atomic E-state index is 0.0786. The number of hydrogen-bond acceptors (Lipinski definition) is 7. The lowest BCUT2D eigenvalue weighted by molar-refractivity contribution is 0.166. The van der Waals surface area contributed by atoms with Crippen molar-refractivity contribution in [3.05, 3.63) is 83.4 Å². The molecule has 0 spiro atoms. The second-order valence-electron chi connectivity index (χ2n) is 8.64. The average molecular weight is 499 g/mol. The molecule has 0 bridgehead atoms. The first-order valence-corrected chi connectivity index (χ1v) is 13.3. The first-order chi connectivity index (χ1) is 16.8. The molecule has 0 fully saturated rings. The summed E-state index contributed by atoms with van der Waals surface area (Å²) >= 11 is 0. The van der Waals surface area contributed by atoms with Gasteiger partial charge in [0.2, 0.25) is 10.0 Å². The van der Waals surface area contributed by atoms with E-state index in [9.17, 15) is 18.6 Å². The molecule has 9 heteroatoms. The van der Waals surface area contributed by atoms with Gasteiger partial charge in [-0.15, -0.1) is 0 Å². The van der Waals surface area contributed by atoms with Gasteiger partial charge in [0, 0.05) is 12.6 Å². The zero-order chi connectivity index (χ0) is 24.8. The van der Waals surface area contributed by atoms with E-state index in [0.29, 0.717) is 31.1 Å². The van der Waals surface area contributed by atoms with Crippen LogP contribution in [-0.2, 0) is 22.9 Å². The Bertz CT molecular complexity index is 1250. The summed E-state index contributed by atoms with van der Waals surface area (Å²) in [5, 5.41) is 24.1. The largest absolute Gasteiger partial charge is 0.506 e. The van der Waals surface area contributed by atoms with Crippen LogP contribution in [0.1, 0.15) is 22.7 Å². The summed E-state index contributed by atoms with van der Waals surface area (Å²) < 4.78 is 36.8. The van der Waals surface area contributed by atoms with Gasteiger partial charge in [0.15, 0.2) is 11.5 Å². The summed E-state index contributed by atoms with van der Waals surface area (Å²) in [6, 6.07) is 20.5. The highest BCUT2D eigenvalue weighted by Gasteiger charge is 2.19. The van der Waals surface area contributed by atoms with Gasteiger partial charge in [0.25, 0.3) is 0 Å². The third-order valence-corrected chi connectivity index (χ3v) is 6.27. The van der Waals surface area contributed by atoms with Crippen LogP contribution in [0.2, 0.25) is 0 Å². The Balaban J connectivity index is 1.46.